The number of Topliss-reactive ketones (excluding diaryl/α,β-unsaturated/α-hetero) is 1. The zero-order valence-corrected chi connectivity index (χ0v) is 11.2. The van der Waals surface area contributed by atoms with Crippen LogP contribution in [-0.2, 0) is 4.79 Å². The van der Waals surface area contributed by atoms with E-state index < -0.39 is 17.4 Å². The van der Waals surface area contributed by atoms with Crippen molar-refractivity contribution in [1.29, 1.82) is 0 Å². The van der Waals surface area contributed by atoms with Gasteiger partial charge in [0.2, 0.25) is 0 Å². The molecule has 4 nitrogen and oxygen atoms in total. The molecule has 0 aliphatic carbocycles. The molecule has 0 spiro atoms. The van der Waals surface area contributed by atoms with E-state index in [0.29, 0.717) is 19.4 Å². The highest BCUT2D eigenvalue weighted by molar-refractivity contribution is 6.00. The number of piperidine rings is 1. The number of hydrogen-bond donors (Lipinski definition) is 1. The van der Waals surface area contributed by atoms with Gasteiger partial charge in [-0.05, 0) is 25.8 Å². The van der Waals surface area contributed by atoms with Crippen LogP contribution in [-0.4, -0.2) is 25.2 Å². The molecule has 1 aliphatic rings. The van der Waals surface area contributed by atoms with Gasteiger partial charge in [0.1, 0.15) is 12.0 Å². The predicted octanol–water partition coefficient (Wildman–Crippen LogP) is 2.16. The van der Waals surface area contributed by atoms with Crippen LogP contribution in [0.25, 0.3) is 0 Å². The Kier molecular flexibility index (Phi) is 4.01. The van der Waals surface area contributed by atoms with Crippen molar-refractivity contribution < 1.29 is 18.4 Å². The van der Waals surface area contributed by atoms with Gasteiger partial charge in [0, 0.05) is 24.7 Å². The molecule has 0 bridgehead atoms. The quantitative estimate of drug-likeness (QED) is 0.524. The lowest BCUT2D eigenvalue weighted by atomic mass is 9.98. The first-order valence-electron chi connectivity index (χ1n) is 6.44. The molecule has 0 amide bonds. The number of aldehydes is 1. The number of anilines is 2. The smallest absolute Gasteiger partial charge is 0.164 e. The summed E-state index contributed by atoms with van der Waals surface area (Å²) in [6.07, 6.45) is 2.17. The molecule has 0 aromatic heterocycles. The van der Waals surface area contributed by atoms with Crippen molar-refractivity contribution >= 4 is 23.4 Å². The highest BCUT2D eigenvalue weighted by Gasteiger charge is 2.27. The molecular formula is C14H16F2N2O2. The fourth-order valence-electron chi connectivity index (χ4n) is 2.60. The van der Waals surface area contributed by atoms with Gasteiger partial charge in [-0.1, -0.05) is 0 Å². The minimum Gasteiger partial charge on any atom is -0.398 e. The Hall–Kier alpha value is -1.98. The van der Waals surface area contributed by atoms with Crippen LogP contribution < -0.4 is 10.6 Å². The third kappa shape index (κ3) is 2.50. The molecule has 1 fully saturated rings. The summed E-state index contributed by atoms with van der Waals surface area (Å²) in [4.78, 5) is 23.8. The molecular weight excluding hydrogens is 266 g/mol. The number of hydrogen-bond acceptors (Lipinski definition) is 4. The lowest BCUT2D eigenvalue weighted by molar-refractivity contribution is -0.111. The van der Waals surface area contributed by atoms with E-state index in [0.717, 1.165) is 12.4 Å². The van der Waals surface area contributed by atoms with Crippen LogP contribution in [0.1, 0.15) is 30.1 Å². The Balaban J connectivity index is 2.48. The van der Waals surface area contributed by atoms with Gasteiger partial charge >= 0.3 is 0 Å². The number of rotatable bonds is 3. The molecule has 0 saturated carbocycles. The van der Waals surface area contributed by atoms with Crippen LogP contribution in [0.15, 0.2) is 6.07 Å². The topological polar surface area (TPSA) is 63.4 Å². The fourth-order valence-corrected chi connectivity index (χ4v) is 2.60. The van der Waals surface area contributed by atoms with Gasteiger partial charge in [-0.2, -0.15) is 0 Å². The van der Waals surface area contributed by atoms with E-state index in [4.69, 9.17) is 5.73 Å². The Morgan fingerprint density at radius 2 is 2.20 bits per heavy atom. The maximum Gasteiger partial charge on any atom is 0.164 e. The molecule has 1 aromatic rings. The first kappa shape index (κ1) is 14.4. The molecule has 1 aliphatic heterocycles. The second-order valence-corrected chi connectivity index (χ2v) is 5.03. The van der Waals surface area contributed by atoms with E-state index in [2.05, 4.69) is 0 Å². The summed E-state index contributed by atoms with van der Waals surface area (Å²) in [5.74, 6) is -2.55. The van der Waals surface area contributed by atoms with Crippen LogP contribution >= 0.6 is 0 Å². The summed E-state index contributed by atoms with van der Waals surface area (Å²) in [7, 11) is 0. The zero-order valence-electron chi connectivity index (χ0n) is 11.2. The van der Waals surface area contributed by atoms with Gasteiger partial charge in [-0.25, -0.2) is 8.78 Å². The Morgan fingerprint density at radius 1 is 1.50 bits per heavy atom. The molecule has 1 aromatic carbocycles. The van der Waals surface area contributed by atoms with Gasteiger partial charge < -0.3 is 15.4 Å². The lowest BCUT2D eigenvalue weighted by Gasteiger charge is -2.33. The standard InChI is InChI=1S/C14H16F2N2O2/c1-8(20)12-11(17)5-10(15)14(13(12)16)18-4-2-3-9(6-18)7-19/h5,7,9H,2-4,6,17H2,1H3. The Morgan fingerprint density at radius 3 is 2.80 bits per heavy atom. The van der Waals surface area contributed by atoms with Crippen molar-refractivity contribution in [1.82, 2.24) is 0 Å². The van der Waals surface area contributed by atoms with Gasteiger partial charge in [0.25, 0.3) is 0 Å². The van der Waals surface area contributed by atoms with Crippen molar-refractivity contribution in [3.05, 3.63) is 23.3 Å². The summed E-state index contributed by atoms with van der Waals surface area (Å²) in [6, 6.07) is 0.958. The lowest BCUT2D eigenvalue weighted by Crippen LogP contribution is -2.37. The minimum absolute atomic E-state index is 0.208. The maximum atomic E-state index is 14.4. The van der Waals surface area contributed by atoms with Gasteiger partial charge in [0.15, 0.2) is 17.4 Å². The monoisotopic (exact) mass is 282 g/mol. The van der Waals surface area contributed by atoms with Crippen LogP contribution in [0.3, 0.4) is 0 Å². The van der Waals surface area contributed by atoms with Gasteiger partial charge in [-0.3, -0.25) is 4.79 Å². The highest BCUT2D eigenvalue weighted by atomic mass is 19.1. The summed E-state index contributed by atoms with van der Waals surface area (Å²) < 4.78 is 28.4. The number of benzene rings is 1. The molecule has 1 unspecified atom stereocenters. The molecule has 20 heavy (non-hydrogen) atoms. The third-order valence-corrected chi connectivity index (χ3v) is 3.54. The Labute approximate surface area is 115 Å². The van der Waals surface area contributed by atoms with Crippen LogP contribution in [0.4, 0.5) is 20.2 Å². The van der Waals surface area contributed by atoms with Crippen molar-refractivity contribution in [2.45, 2.75) is 19.8 Å². The summed E-state index contributed by atoms with van der Waals surface area (Å²) in [5.41, 5.74) is 4.73. The molecule has 6 heteroatoms. The molecule has 1 heterocycles. The van der Waals surface area contributed by atoms with E-state index >= 15 is 0 Å². The number of nitrogens with two attached hydrogens (primary N) is 1. The Bertz CT molecular complexity index is 561. The summed E-state index contributed by atoms with van der Waals surface area (Å²) >= 11 is 0. The van der Waals surface area contributed by atoms with Crippen molar-refractivity contribution in [3.8, 4) is 0 Å². The van der Waals surface area contributed by atoms with Crippen molar-refractivity contribution in [3.63, 3.8) is 0 Å². The van der Waals surface area contributed by atoms with Crippen molar-refractivity contribution in [2.24, 2.45) is 5.92 Å². The largest absolute Gasteiger partial charge is 0.398 e. The van der Waals surface area contributed by atoms with Crippen LogP contribution in [0.2, 0.25) is 0 Å². The number of nitrogens with zero attached hydrogens (tertiary/aromatic N) is 1. The van der Waals surface area contributed by atoms with Crippen molar-refractivity contribution in [2.75, 3.05) is 23.7 Å². The van der Waals surface area contributed by atoms with Crippen LogP contribution in [0, 0.1) is 17.6 Å². The molecule has 2 N–H and O–H groups in total. The first-order valence-corrected chi connectivity index (χ1v) is 6.44. The van der Waals surface area contributed by atoms with E-state index in [1.165, 1.54) is 11.8 Å². The molecule has 0 radical (unpaired) electrons. The number of carbonyl (C=O) groups is 2. The third-order valence-electron chi connectivity index (χ3n) is 3.54. The van der Waals surface area contributed by atoms with E-state index in [-0.39, 0.29) is 29.4 Å². The highest BCUT2D eigenvalue weighted by Crippen LogP contribution is 2.33. The average Bonchev–Trinajstić information content (AvgIpc) is 2.37. The normalized spacial score (nSPS) is 18.9. The molecule has 1 atom stereocenters. The SMILES string of the molecule is CC(=O)c1c(N)cc(F)c(N2CCCC(C=O)C2)c1F. The second kappa shape index (κ2) is 5.56. The summed E-state index contributed by atoms with van der Waals surface area (Å²) in [6.45, 7) is 1.87. The first-order chi connectivity index (χ1) is 9.45. The van der Waals surface area contributed by atoms with Gasteiger partial charge in [0.05, 0.1) is 5.56 Å². The second-order valence-electron chi connectivity index (χ2n) is 5.03. The zero-order chi connectivity index (χ0) is 14.9. The number of nitrogen functional groups attached to an aromatic ring is 1. The number of halogens is 2. The van der Waals surface area contributed by atoms with E-state index in [1.54, 1.807) is 0 Å². The van der Waals surface area contributed by atoms with Gasteiger partial charge in [-0.15, -0.1) is 0 Å². The predicted molar refractivity (Wildman–Crippen MR) is 71.8 cm³/mol. The molecule has 1 saturated heterocycles. The van der Waals surface area contributed by atoms with Crippen LogP contribution in [0.5, 0.6) is 0 Å². The average molecular weight is 282 g/mol. The van der Waals surface area contributed by atoms with E-state index in [1.807, 2.05) is 0 Å². The minimum atomic E-state index is -0.943. The fraction of sp³-hybridized carbons (Fsp3) is 0.429. The number of ketones is 1. The summed E-state index contributed by atoms with van der Waals surface area (Å²) in [5, 5.41) is 0. The van der Waals surface area contributed by atoms with E-state index in [9.17, 15) is 18.4 Å². The maximum absolute atomic E-state index is 14.4. The molecule has 108 valence electrons. The number of carbonyl (C=O) groups excluding carboxylic acids is 2. The molecule has 2 rings (SSSR count).